The van der Waals surface area contributed by atoms with Crippen LogP contribution in [0.2, 0.25) is 5.15 Å². The first kappa shape index (κ1) is 10.6. The highest BCUT2D eigenvalue weighted by atomic mass is 35.5. The van der Waals surface area contributed by atoms with Crippen LogP contribution in [0.5, 0.6) is 0 Å². The van der Waals surface area contributed by atoms with Crippen LogP contribution in [0.4, 0.5) is 0 Å². The summed E-state index contributed by atoms with van der Waals surface area (Å²) in [6.45, 7) is 2.49. The lowest BCUT2D eigenvalue weighted by Crippen LogP contribution is -2.10. The number of allylic oxidation sites excluding steroid dienone is 2. The summed E-state index contributed by atoms with van der Waals surface area (Å²) in [7, 11) is 0. The molecule has 1 heterocycles. The molecule has 1 aromatic rings. The Balaban J connectivity index is 2.51. The molecule has 0 fully saturated rings. The largest absolute Gasteiger partial charge is 0.384 e. The van der Waals surface area contributed by atoms with Gasteiger partial charge in [-0.25, -0.2) is 4.98 Å². The van der Waals surface area contributed by atoms with Crippen molar-refractivity contribution in [3.05, 3.63) is 40.8 Å². The Labute approximate surface area is 88.0 Å². The normalized spacial score (nSPS) is 10.8. The maximum absolute atomic E-state index is 8.37. The fraction of sp³-hybridized carbons (Fsp3) is 0.200. The zero-order valence-electron chi connectivity index (χ0n) is 7.79. The Bertz CT molecular complexity index is 362. The SMILES string of the molecule is C/C(=C\C#N)NCc1ccc(Cl)nc1. The molecule has 4 heteroatoms. The van der Waals surface area contributed by atoms with E-state index in [0.717, 1.165) is 11.3 Å². The van der Waals surface area contributed by atoms with Gasteiger partial charge in [-0.3, -0.25) is 0 Å². The predicted octanol–water partition coefficient (Wildman–Crippen LogP) is 2.25. The maximum atomic E-state index is 8.37. The molecule has 1 N–H and O–H groups in total. The first-order valence-electron chi connectivity index (χ1n) is 4.13. The number of nitrogens with one attached hydrogen (secondary N) is 1. The van der Waals surface area contributed by atoms with Gasteiger partial charge in [0.05, 0.1) is 6.07 Å². The van der Waals surface area contributed by atoms with Crippen molar-refractivity contribution in [2.75, 3.05) is 0 Å². The highest BCUT2D eigenvalue weighted by Crippen LogP contribution is 2.05. The molecule has 0 saturated carbocycles. The lowest BCUT2D eigenvalue weighted by atomic mass is 10.3. The maximum Gasteiger partial charge on any atom is 0.129 e. The van der Waals surface area contributed by atoms with Gasteiger partial charge >= 0.3 is 0 Å². The average Bonchev–Trinajstić information content (AvgIpc) is 2.17. The van der Waals surface area contributed by atoms with Gasteiger partial charge in [-0.05, 0) is 18.6 Å². The van der Waals surface area contributed by atoms with Crippen molar-refractivity contribution in [3.63, 3.8) is 0 Å². The number of pyridine rings is 1. The molecule has 72 valence electrons. The molecule has 0 aliphatic rings. The minimum Gasteiger partial charge on any atom is -0.384 e. The summed E-state index contributed by atoms with van der Waals surface area (Å²) < 4.78 is 0. The van der Waals surface area contributed by atoms with E-state index in [1.54, 1.807) is 12.3 Å². The number of nitrogens with zero attached hydrogens (tertiary/aromatic N) is 2. The van der Waals surface area contributed by atoms with E-state index in [1.807, 2.05) is 19.1 Å². The summed E-state index contributed by atoms with van der Waals surface area (Å²) in [5.74, 6) is 0. The summed E-state index contributed by atoms with van der Waals surface area (Å²) >= 11 is 5.64. The molecular weight excluding hydrogens is 198 g/mol. The first-order chi connectivity index (χ1) is 6.72. The van der Waals surface area contributed by atoms with Gasteiger partial charge in [0.15, 0.2) is 0 Å². The molecule has 0 radical (unpaired) electrons. The van der Waals surface area contributed by atoms with Crippen molar-refractivity contribution in [3.8, 4) is 6.07 Å². The fourth-order valence-corrected chi connectivity index (χ4v) is 1.01. The number of hydrogen-bond acceptors (Lipinski definition) is 3. The molecule has 0 bridgehead atoms. The van der Waals surface area contributed by atoms with Crippen molar-refractivity contribution in [1.29, 1.82) is 5.26 Å². The van der Waals surface area contributed by atoms with E-state index in [9.17, 15) is 0 Å². The van der Waals surface area contributed by atoms with E-state index in [-0.39, 0.29) is 0 Å². The van der Waals surface area contributed by atoms with E-state index >= 15 is 0 Å². The van der Waals surface area contributed by atoms with Crippen LogP contribution < -0.4 is 5.32 Å². The molecule has 0 aliphatic carbocycles. The van der Waals surface area contributed by atoms with Crippen molar-refractivity contribution < 1.29 is 0 Å². The van der Waals surface area contributed by atoms with Gasteiger partial charge in [-0.1, -0.05) is 17.7 Å². The van der Waals surface area contributed by atoms with Gasteiger partial charge in [0.2, 0.25) is 0 Å². The molecule has 1 aromatic heterocycles. The third-order valence-corrected chi connectivity index (χ3v) is 1.86. The molecule has 0 atom stereocenters. The lowest BCUT2D eigenvalue weighted by Gasteiger charge is -2.04. The summed E-state index contributed by atoms with van der Waals surface area (Å²) in [4.78, 5) is 3.94. The molecule has 14 heavy (non-hydrogen) atoms. The van der Waals surface area contributed by atoms with Gasteiger partial charge in [0, 0.05) is 24.5 Å². The minimum absolute atomic E-state index is 0.484. The fourth-order valence-electron chi connectivity index (χ4n) is 0.900. The van der Waals surface area contributed by atoms with E-state index in [4.69, 9.17) is 16.9 Å². The second kappa shape index (κ2) is 5.25. The molecule has 1 rings (SSSR count). The number of aromatic nitrogens is 1. The third-order valence-electron chi connectivity index (χ3n) is 1.64. The van der Waals surface area contributed by atoms with Crippen molar-refractivity contribution in [2.24, 2.45) is 0 Å². The predicted molar refractivity (Wildman–Crippen MR) is 55.5 cm³/mol. The standard InChI is InChI=1S/C10H10ClN3/c1-8(4-5-12)13-6-9-2-3-10(11)14-7-9/h2-4,7,13H,6H2,1H3/b8-4+. The van der Waals surface area contributed by atoms with E-state index in [0.29, 0.717) is 11.7 Å². The second-order valence-corrected chi connectivity index (χ2v) is 3.19. The molecule has 0 aliphatic heterocycles. The second-order valence-electron chi connectivity index (χ2n) is 2.80. The molecule has 0 saturated heterocycles. The van der Waals surface area contributed by atoms with Crippen LogP contribution in [0.3, 0.4) is 0 Å². The smallest absolute Gasteiger partial charge is 0.129 e. The van der Waals surface area contributed by atoms with Crippen LogP contribution >= 0.6 is 11.6 Å². The monoisotopic (exact) mass is 207 g/mol. The zero-order valence-corrected chi connectivity index (χ0v) is 8.54. The summed E-state index contributed by atoms with van der Waals surface area (Å²) in [6.07, 6.45) is 3.17. The molecule has 0 unspecified atom stereocenters. The van der Waals surface area contributed by atoms with Gasteiger partial charge in [0.1, 0.15) is 5.15 Å². The van der Waals surface area contributed by atoms with E-state index in [1.165, 1.54) is 6.08 Å². The molecule has 0 amide bonds. The van der Waals surface area contributed by atoms with Gasteiger partial charge in [-0.2, -0.15) is 5.26 Å². The van der Waals surface area contributed by atoms with Crippen LogP contribution in [0.1, 0.15) is 12.5 Å². The molecule has 0 aromatic carbocycles. The molecular formula is C10H10ClN3. The summed E-state index contributed by atoms with van der Waals surface area (Å²) in [5.41, 5.74) is 1.86. The van der Waals surface area contributed by atoms with Gasteiger partial charge in [-0.15, -0.1) is 0 Å². The first-order valence-corrected chi connectivity index (χ1v) is 4.51. The van der Waals surface area contributed by atoms with E-state index in [2.05, 4.69) is 10.3 Å². The number of nitriles is 1. The summed E-state index contributed by atoms with van der Waals surface area (Å²) in [6, 6.07) is 5.58. The Morgan fingerprint density at radius 2 is 2.50 bits per heavy atom. The molecule has 3 nitrogen and oxygen atoms in total. The topological polar surface area (TPSA) is 48.7 Å². The number of hydrogen-bond donors (Lipinski definition) is 1. The Kier molecular flexibility index (Phi) is 3.96. The van der Waals surface area contributed by atoms with Gasteiger partial charge < -0.3 is 5.32 Å². The highest BCUT2D eigenvalue weighted by molar-refractivity contribution is 6.29. The quantitative estimate of drug-likeness (QED) is 0.611. The van der Waals surface area contributed by atoms with Crippen LogP contribution in [0.15, 0.2) is 30.1 Å². The van der Waals surface area contributed by atoms with Crippen molar-refractivity contribution in [1.82, 2.24) is 10.3 Å². The highest BCUT2D eigenvalue weighted by Gasteiger charge is 1.93. The van der Waals surface area contributed by atoms with Crippen LogP contribution in [-0.2, 0) is 6.54 Å². The van der Waals surface area contributed by atoms with Crippen LogP contribution in [0.25, 0.3) is 0 Å². The lowest BCUT2D eigenvalue weighted by molar-refractivity contribution is 0.808. The molecule has 0 spiro atoms. The Morgan fingerprint density at radius 1 is 1.71 bits per heavy atom. The zero-order chi connectivity index (χ0) is 10.4. The van der Waals surface area contributed by atoms with Crippen LogP contribution in [0, 0.1) is 11.3 Å². The Morgan fingerprint density at radius 3 is 3.07 bits per heavy atom. The number of rotatable bonds is 3. The third kappa shape index (κ3) is 3.46. The van der Waals surface area contributed by atoms with Crippen molar-refractivity contribution in [2.45, 2.75) is 13.5 Å². The van der Waals surface area contributed by atoms with Gasteiger partial charge in [0.25, 0.3) is 0 Å². The minimum atomic E-state index is 0.484. The number of halogens is 1. The average molecular weight is 208 g/mol. The summed E-state index contributed by atoms with van der Waals surface area (Å²) in [5, 5.41) is 11.9. The van der Waals surface area contributed by atoms with E-state index < -0.39 is 0 Å². The Hall–Kier alpha value is -1.53. The van der Waals surface area contributed by atoms with Crippen LogP contribution in [-0.4, -0.2) is 4.98 Å². The van der Waals surface area contributed by atoms with Crippen molar-refractivity contribution >= 4 is 11.6 Å².